The van der Waals surface area contributed by atoms with Gasteiger partial charge in [-0.15, -0.1) is 0 Å². The van der Waals surface area contributed by atoms with Crippen LogP contribution in [0.3, 0.4) is 0 Å². The summed E-state index contributed by atoms with van der Waals surface area (Å²) in [5, 5.41) is 3.40. The van der Waals surface area contributed by atoms with Crippen molar-refractivity contribution in [1.82, 2.24) is 5.32 Å². The minimum Gasteiger partial charge on any atom is -0.490 e. The quantitative estimate of drug-likeness (QED) is 0.347. The average molecular weight is 503 g/mol. The number of allylic oxidation sites excluding steroid dienone is 3. The predicted octanol–water partition coefficient (Wildman–Crippen LogP) is 5.76. The van der Waals surface area contributed by atoms with Crippen molar-refractivity contribution in [3.63, 3.8) is 0 Å². The molecular weight excluding hydrogens is 464 g/mol. The molecule has 1 N–H and O–H groups in total. The van der Waals surface area contributed by atoms with Gasteiger partial charge >= 0.3 is 5.97 Å². The van der Waals surface area contributed by atoms with Gasteiger partial charge in [-0.25, -0.2) is 4.79 Å². The van der Waals surface area contributed by atoms with Gasteiger partial charge in [-0.05, 0) is 62.4 Å². The molecule has 0 saturated heterocycles. The van der Waals surface area contributed by atoms with Gasteiger partial charge in [0.1, 0.15) is 19.0 Å². The zero-order chi connectivity index (χ0) is 26.6. The molecule has 0 amide bonds. The number of ketones is 1. The smallest absolute Gasteiger partial charge is 0.336 e. The second kappa shape index (κ2) is 11.2. The standard InChI is InChI=1S/C31H38N2O4/c1-6-33(7-2)23-15-13-22(14-16-23)28-27(30(35)37-18-17-36-24-11-9-8-10-12-24)21(3)32-25-19-31(4,5)20-26(34)29(25)28/h8-16,28,32H,6-7,17-20H2,1-5H3/t28-/m0/s1. The van der Waals surface area contributed by atoms with E-state index in [1.54, 1.807) is 0 Å². The average Bonchev–Trinajstić information content (AvgIpc) is 2.86. The maximum atomic E-state index is 13.5. The molecule has 2 aromatic carbocycles. The van der Waals surface area contributed by atoms with E-state index >= 15 is 0 Å². The van der Waals surface area contributed by atoms with Crippen LogP contribution in [0.25, 0.3) is 0 Å². The van der Waals surface area contributed by atoms with E-state index in [4.69, 9.17) is 9.47 Å². The van der Waals surface area contributed by atoms with E-state index in [-0.39, 0.29) is 24.4 Å². The largest absolute Gasteiger partial charge is 0.490 e. The van der Waals surface area contributed by atoms with Gasteiger partial charge in [0, 0.05) is 48.1 Å². The molecule has 4 rings (SSSR count). The molecule has 1 atom stereocenters. The number of dihydropyridines is 1. The van der Waals surface area contributed by atoms with Crippen molar-refractivity contribution in [3.8, 4) is 5.75 Å². The molecule has 1 aliphatic carbocycles. The van der Waals surface area contributed by atoms with Crippen LogP contribution in [-0.2, 0) is 14.3 Å². The third-order valence-corrected chi connectivity index (χ3v) is 7.14. The fourth-order valence-electron chi connectivity index (χ4n) is 5.39. The van der Waals surface area contributed by atoms with Crippen molar-refractivity contribution >= 4 is 17.4 Å². The number of carbonyl (C=O) groups is 2. The zero-order valence-electron chi connectivity index (χ0n) is 22.6. The molecule has 0 unspecified atom stereocenters. The number of rotatable bonds is 9. The summed E-state index contributed by atoms with van der Waals surface area (Å²) in [6.45, 7) is 12.6. The zero-order valence-corrected chi connectivity index (χ0v) is 22.6. The van der Waals surface area contributed by atoms with Gasteiger partial charge in [0.05, 0.1) is 5.57 Å². The minimum atomic E-state index is -0.465. The van der Waals surface area contributed by atoms with Gasteiger partial charge in [0.25, 0.3) is 0 Å². The first-order valence-corrected chi connectivity index (χ1v) is 13.2. The van der Waals surface area contributed by atoms with Crippen LogP contribution in [0.2, 0.25) is 0 Å². The van der Waals surface area contributed by atoms with Crippen molar-refractivity contribution in [2.75, 3.05) is 31.2 Å². The van der Waals surface area contributed by atoms with Crippen LogP contribution in [0, 0.1) is 5.41 Å². The third-order valence-electron chi connectivity index (χ3n) is 7.14. The maximum Gasteiger partial charge on any atom is 0.336 e. The Hall–Kier alpha value is -3.54. The SMILES string of the molecule is CCN(CC)c1ccc([C@H]2C(C(=O)OCCOc3ccccc3)=C(C)NC3=C2C(=O)CC(C)(C)C3)cc1. The Kier molecular flexibility index (Phi) is 8.06. The van der Waals surface area contributed by atoms with Crippen molar-refractivity contribution in [3.05, 3.63) is 82.7 Å². The summed E-state index contributed by atoms with van der Waals surface area (Å²) < 4.78 is 11.4. The van der Waals surface area contributed by atoms with Crippen LogP contribution >= 0.6 is 0 Å². The van der Waals surface area contributed by atoms with Gasteiger partial charge in [0.2, 0.25) is 0 Å². The molecule has 37 heavy (non-hydrogen) atoms. The summed E-state index contributed by atoms with van der Waals surface area (Å²) in [6, 6.07) is 17.7. The molecule has 6 heteroatoms. The Morgan fingerprint density at radius 1 is 1.00 bits per heavy atom. The lowest BCUT2D eigenvalue weighted by Crippen LogP contribution is -2.38. The molecule has 0 radical (unpaired) electrons. The highest BCUT2D eigenvalue weighted by Crippen LogP contribution is 2.47. The molecule has 2 aliphatic rings. The second-order valence-electron chi connectivity index (χ2n) is 10.5. The number of esters is 1. The van der Waals surface area contributed by atoms with Crippen LogP contribution in [-0.4, -0.2) is 38.1 Å². The number of ether oxygens (including phenoxy) is 2. The summed E-state index contributed by atoms with van der Waals surface area (Å²) >= 11 is 0. The van der Waals surface area contributed by atoms with E-state index in [9.17, 15) is 9.59 Å². The number of Topliss-reactive ketones (excluding diaryl/α,β-unsaturated/α-hetero) is 1. The summed E-state index contributed by atoms with van der Waals surface area (Å²) in [5.41, 5.74) is 4.74. The first-order valence-electron chi connectivity index (χ1n) is 13.2. The second-order valence-corrected chi connectivity index (χ2v) is 10.5. The van der Waals surface area contributed by atoms with E-state index in [1.165, 1.54) is 0 Å². The highest BCUT2D eigenvalue weighted by molar-refractivity contribution is 6.04. The molecule has 0 fully saturated rings. The van der Waals surface area contributed by atoms with Crippen molar-refractivity contribution in [2.24, 2.45) is 5.41 Å². The van der Waals surface area contributed by atoms with E-state index in [1.807, 2.05) is 49.4 Å². The topological polar surface area (TPSA) is 67.9 Å². The van der Waals surface area contributed by atoms with Gasteiger partial charge in [-0.1, -0.05) is 44.2 Å². The number of benzene rings is 2. The Bertz CT molecular complexity index is 1190. The molecule has 0 saturated carbocycles. The Balaban J connectivity index is 1.62. The lowest BCUT2D eigenvalue weighted by Gasteiger charge is -2.39. The minimum absolute atomic E-state index is 0.0850. The molecule has 2 aromatic rings. The van der Waals surface area contributed by atoms with E-state index in [0.29, 0.717) is 17.6 Å². The Morgan fingerprint density at radius 3 is 2.32 bits per heavy atom. The van der Waals surface area contributed by atoms with Crippen LogP contribution < -0.4 is 15.0 Å². The number of nitrogens with one attached hydrogen (secondary N) is 1. The lowest BCUT2D eigenvalue weighted by molar-refractivity contribution is -0.140. The van der Waals surface area contributed by atoms with Crippen molar-refractivity contribution in [1.29, 1.82) is 0 Å². The van der Waals surface area contributed by atoms with Crippen molar-refractivity contribution < 1.29 is 19.1 Å². The molecule has 196 valence electrons. The fourth-order valence-corrected chi connectivity index (χ4v) is 5.39. The Morgan fingerprint density at radius 2 is 1.68 bits per heavy atom. The number of para-hydroxylation sites is 1. The molecule has 0 aromatic heterocycles. The number of hydrogen-bond acceptors (Lipinski definition) is 6. The van der Waals surface area contributed by atoms with Crippen molar-refractivity contribution in [2.45, 2.75) is 53.4 Å². The van der Waals surface area contributed by atoms with E-state index < -0.39 is 11.9 Å². The summed E-state index contributed by atoms with van der Waals surface area (Å²) in [7, 11) is 0. The van der Waals surface area contributed by atoms with E-state index in [2.05, 4.69) is 50.0 Å². The molecule has 1 aliphatic heterocycles. The van der Waals surface area contributed by atoms with Gasteiger partial charge < -0.3 is 19.7 Å². The normalized spacial score (nSPS) is 18.7. The summed E-state index contributed by atoms with van der Waals surface area (Å²) in [6.07, 6.45) is 1.21. The molecule has 0 bridgehead atoms. The fraction of sp³-hybridized carbons (Fsp3) is 0.419. The molecular formula is C31H38N2O4. The Labute approximate surface area is 220 Å². The number of anilines is 1. The van der Waals surface area contributed by atoms with E-state index in [0.717, 1.165) is 47.9 Å². The molecule has 0 spiro atoms. The van der Waals surface area contributed by atoms with Crippen LogP contribution in [0.4, 0.5) is 5.69 Å². The first kappa shape index (κ1) is 26.5. The number of carbonyl (C=O) groups excluding carboxylic acids is 2. The predicted molar refractivity (Wildman–Crippen MR) is 147 cm³/mol. The first-order chi connectivity index (χ1) is 17.7. The monoisotopic (exact) mass is 502 g/mol. The van der Waals surface area contributed by atoms with Crippen LogP contribution in [0.1, 0.15) is 58.9 Å². The molecule has 1 heterocycles. The van der Waals surface area contributed by atoms with Crippen LogP contribution in [0.5, 0.6) is 5.75 Å². The van der Waals surface area contributed by atoms with Gasteiger partial charge in [-0.2, -0.15) is 0 Å². The van der Waals surface area contributed by atoms with Gasteiger partial charge in [0.15, 0.2) is 5.78 Å². The number of nitrogens with zero attached hydrogens (tertiary/aromatic N) is 1. The number of hydrogen-bond donors (Lipinski definition) is 1. The summed E-state index contributed by atoms with van der Waals surface area (Å²) in [4.78, 5) is 29.2. The third kappa shape index (κ3) is 5.90. The highest BCUT2D eigenvalue weighted by Gasteiger charge is 2.43. The summed E-state index contributed by atoms with van der Waals surface area (Å²) in [5.74, 6) is -0.0803. The highest BCUT2D eigenvalue weighted by atomic mass is 16.6. The lowest BCUT2D eigenvalue weighted by atomic mass is 9.68. The maximum absolute atomic E-state index is 13.5. The van der Waals surface area contributed by atoms with Crippen LogP contribution in [0.15, 0.2) is 77.1 Å². The van der Waals surface area contributed by atoms with Gasteiger partial charge in [-0.3, -0.25) is 4.79 Å². The molecule has 6 nitrogen and oxygen atoms in total.